The fourth-order valence-corrected chi connectivity index (χ4v) is 4.43. The van der Waals surface area contributed by atoms with Crippen molar-refractivity contribution in [3.63, 3.8) is 0 Å². The zero-order chi connectivity index (χ0) is 24.4. The Morgan fingerprint density at radius 2 is 1.58 bits per heavy atom. The highest BCUT2D eigenvalue weighted by Crippen LogP contribution is 2.32. The first-order valence-electron chi connectivity index (χ1n) is 10.5. The predicted octanol–water partition coefficient (Wildman–Crippen LogP) is 4.70. The Kier molecular flexibility index (Phi) is 6.83. The molecule has 8 nitrogen and oxygen atoms in total. The summed E-state index contributed by atoms with van der Waals surface area (Å²) in [5, 5.41) is 3.23. The van der Waals surface area contributed by atoms with Crippen LogP contribution in [-0.4, -0.2) is 39.6 Å². The molecule has 3 rings (SSSR count). The van der Waals surface area contributed by atoms with Crippen molar-refractivity contribution < 1.29 is 13.2 Å². The molecule has 0 saturated heterocycles. The van der Waals surface area contributed by atoms with E-state index in [1.165, 1.54) is 7.11 Å². The lowest BCUT2D eigenvalue weighted by atomic mass is 9.87. The second kappa shape index (κ2) is 9.27. The van der Waals surface area contributed by atoms with Crippen LogP contribution in [0.3, 0.4) is 0 Å². The second-order valence-electron chi connectivity index (χ2n) is 8.98. The zero-order valence-corrected chi connectivity index (χ0v) is 20.9. The largest absolute Gasteiger partial charge is 0.495 e. The monoisotopic (exact) mass is 469 g/mol. The van der Waals surface area contributed by atoms with Crippen LogP contribution in [0.2, 0.25) is 0 Å². The van der Waals surface area contributed by atoms with Gasteiger partial charge in [0.15, 0.2) is 0 Å². The molecule has 0 spiro atoms. The molecule has 2 N–H and O–H groups in total. The number of nitrogens with one attached hydrogen (secondary N) is 2. The number of rotatable bonds is 7. The summed E-state index contributed by atoms with van der Waals surface area (Å²) in [4.78, 5) is 10.8. The molecule has 0 saturated carbocycles. The van der Waals surface area contributed by atoms with E-state index in [0.29, 0.717) is 23.1 Å². The minimum atomic E-state index is -3.85. The minimum Gasteiger partial charge on any atom is -0.495 e. The van der Waals surface area contributed by atoms with Gasteiger partial charge in [-0.3, -0.25) is 4.72 Å². The van der Waals surface area contributed by atoms with Gasteiger partial charge >= 0.3 is 0 Å². The normalized spacial score (nSPS) is 11.7. The quantitative estimate of drug-likeness (QED) is 0.518. The Hall–Kier alpha value is -3.33. The summed E-state index contributed by atoms with van der Waals surface area (Å²) in [5.74, 6) is 2.40. The van der Waals surface area contributed by atoms with E-state index in [4.69, 9.17) is 4.74 Å². The van der Waals surface area contributed by atoms with Crippen molar-refractivity contribution in [2.24, 2.45) is 0 Å². The molecule has 0 atom stereocenters. The van der Waals surface area contributed by atoms with Gasteiger partial charge in [-0.2, -0.15) is 0 Å². The van der Waals surface area contributed by atoms with Gasteiger partial charge in [-0.1, -0.05) is 26.8 Å². The molecule has 9 heteroatoms. The zero-order valence-electron chi connectivity index (χ0n) is 20.1. The Bertz CT molecular complexity index is 1230. The van der Waals surface area contributed by atoms with E-state index in [2.05, 4.69) is 20.0 Å². The highest BCUT2D eigenvalue weighted by molar-refractivity contribution is 7.92. The lowest BCUT2D eigenvalue weighted by molar-refractivity contribution is 0.402. The number of ether oxygens (including phenoxy) is 1. The highest BCUT2D eigenvalue weighted by atomic mass is 32.2. The highest BCUT2D eigenvalue weighted by Gasteiger charge is 2.23. The van der Waals surface area contributed by atoms with Crippen molar-refractivity contribution in [1.29, 1.82) is 0 Å². The summed E-state index contributed by atoms with van der Waals surface area (Å²) < 4.78 is 34.3. The van der Waals surface area contributed by atoms with Crippen molar-refractivity contribution in [2.45, 2.75) is 38.0 Å². The van der Waals surface area contributed by atoms with Crippen LogP contribution in [0.1, 0.15) is 32.2 Å². The molecule has 0 aliphatic rings. The maximum atomic E-state index is 13.1. The van der Waals surface area contributed by atoms with Gasteiger partial charge in [0.2, 0.25) is 0 Å². The maximum Gasteiger partial charge on any atom is 0.265 e. The van der Waals surface area contributed by atoms with Crippen LogP contribution < -0.4 is 19.7 Å². The third-order valence-electron chi connectivity index (χ3n) is 5.01. The maximum absolute atomic E-state index is 13.1. The number of nitrogens with zero attached hydrogens (tertiary/aromatic N) is 3. The standard InChI is InChI=1S/C24H31N5O3S/c1-16-25-22(15-23(26-16)29(5)6)27-18-9-11-19(12-10-18)28-33(30,31)21-14-17(24(2,3)4)8-13-20(21)32-7/h8-15,28H,1-7H3,(H,25,26,27). The van der Waals surface area contributed by atoms with E-state index in [1.807, 2.05) is 58.8 Å². The molecule has 0 amide bonds. The number of benzene rings is 2. The van der Waals surface area contributed by atoms with Crippen LogP contribution in [0.15, 0.2) is 53.4 Å². The average Bonchev–Trinajstić information content (AvgIpc) is 2.73. The topological polar surface area (TPSA) is 96.5 Å². The molecule has 0 aliphatic heterocycles. The fourth-order valence-electron chi connectivity index (χ4n) is 3.18. The van der Waals surface area contributed by atoms with Crippen molar-refractivity contribution >= 4 is 33.0 Å². The van der Waals surface area contributed by atoms with Gasteiger partial charge in [-0.25, -0.2) is 18.4 Å². The van der Waals surface area contributed by atoms with E-state index < -0.39 is 10.0 Å². The van der Waals surface area contributed by atoms with Crippen LogP contribution in [-0.2, 0) is 15.4 Å². The Morgan fingerprint density at radius 3 is 2.15 bits per heavy atom. The molecule has 1 heterocycles. The molecule has 0 fully saturated rings. The number of hydrogen-bond donors (Lipinski definition) is 2. The first kappa shape index (κ1) is 24.3. The molecular weight excluding hydrogens is 438 g/mol. The molecule has 0 unspecified atom stereocenters. The minimum absolute atomic E-state index is 0.104. The molecule has 3 aromatic rings. The number of anilines is 4. The number of sulfonamides is 1. The second-order valence-corrected chi connectivity index (χ2v) is 10.6. The molecular formula is C24H31N5O3S. The summed E-state index contributed by atoms with van der Waals surface area (Å²) >= 11 is 0. The molecule has 1 aromatic heterocycles. The van der Waals surface area contributed by atoms with Gasteiger partial charge in [-0.15, -0.1) is 0 Å². The van der Waals surface area contributed by atoms with Gasteiger partial charge in [0.05, 0.1) is 7.11 Å². The number of aromatic nitrogens is 2. The lowest BCUT2D eigenvalue weighted by Crippen LogP contribution is -2.17. The summed E-state index contributed by atoms with van der Waals surface area (Å²) in [7, 11) is 1.44. The SMILES string of the molecule is COc1ccc(C(C)(C)C)cc1S(=O)(=O)Nc1ccc(Nc2cc(N(C)C)nc(C)n2)cc1. The van der Waals surface area contributed by atoms with Crippen molar-refractivity contribution in [1.82, 2.24) is 9.97 Å². The fraction of sp³-hybridized carbons (Fsp3) is 0.333. The molecule has 0 aliphatic carbocycles. The van der Waals surface area contributed by atoms with Crippen LogP contribution in [0.5, 0.6) is 5.75 Å². The summed E-state index contributed by atoms with van der Waals surface area (Å²) in [6, 6.07) is 14.0. The van der Waals surface area contributed by atoms with Crippen LogP contribution >= 0.6 is 0 Å². The van der Waals surface area contributed by atoms with Gasteiger partial charge in [0.25, 0.3) is 10.0 Å². The number of hydrogen-bond acceptors (Lipinski definition) is 7. The average molecular weight is 470 g/mol. The predicted molar refractivity (Wildman–Crippen MR) is 133 cm³/mol. The summed E-state index contributed by atoms with van der Waals surface area (Å²) in [6.07, 6.45) is 0. The molecule has 0 bridgehead atoms. The number of methoxy groups -OCH3 is 1. The van der Waals surface area contributed by atoms with Gasteiger partial charge < -0.3 is 15.0 Å². The third kappa shape index (κ3) is 5.92. The lowest BCUT2D eigenvalue weighted by Gasteiger charge is -2.21. The summed E-state index contributed by atoms with van der Waals surface area (Å²) in [5.41, 5.74) is 1.92. The summed E-state index contributed by atoms with van der Waals surface area (Å²) in [6.45, 7) is 7.93. The Balaban J connectivity index is 1.83. The van der Waals surface area contributed by atoms with E-state index in [1.54, 1.807) is 36.4 Å². The van der Waals surface area contributed by atoms with Crippen molar-refractivity contribution in [2.75, 3.05) is 36.1 Å². The first-order valence-corrected chi connectivity index (χ1v) is 12.0. The van der Waals surface area contributed by atoms with E-state index in [9.17, 15) is 8.42 Å². The van der Waals surface area contributed by atoms with Gasteiger partial charge in [0, 0.05) is 31.5 Å². The molecule has 33 heavy (non-hydrogen) atoms. The Morgan fingerprint density at radius 1 is 0.939 bits per heavy atom. The first-order chi connectivity index (χ1) is 15.4. The van der Waals surface area contributed by atoms with E-state index >= 15 is 0 Å². The van der Waals surface area contributed by atoms with Crippen molar-refractivity contribution in [3.8, 4) is 5.75 Å². The molecule has 0 radical (unpaired) electrons. The van der Waals surface area contributed by atoms with Gasteiger partial charge in [0.1, 0.15) is 28.1 Å². The van der Waals surface area contributed by atoms with E-state index in [0.717, 1.165) is 17.1 Å². The van der Waals surface area contributed by atoms with Crippen molar-refractivity contribution in [3.05, 3.63) is 59.9 Å². The van der Waals surface area contributed by atoms with E-state index in [-0.39, 0.29) is 10.3 Å². The molecule has 2 aromatic carbocycles. The Labute approximate surface area is 196 Å². The molecule has 176 valence electrons. The smallest absolute Gasteiger partial charge is 0.265 e. The van der Waals surface area contributed by atoms with Crippen LogP contribution in [0, 0.1) is 6.92 Å². The van der Waals surface area contributed by atoms with Crippen LogP contribution in [0.25, 0.3) is 0 Å². The third-order valence-corrected chi connectivity index (χ3v) is 6.41. The van der Waals surface area contributed by atoms with Gasteiger partial charge in [-0.05, 0) is 54.3 Å². The van der Waals surface area contributed by atoms with Crippen LogP contribution in [0.4, 0.5) is 23.0 Å². The number of aryl methyl sites for hydroxylation is 1.